The Hall–Kier alpha value is -3.48. The SMILES string of the molecule is Cc1cc2[nH]cc(C(=O)C(=O)N(C)C)c2cc1C(=O)N1CCC(Cc2ccc(F)cc2)CC1. The summed E-state index contributed by atoms with van der Waals surface area (Å²) in [4.78, 5) is 44.2. The monoisotopic (exact) mass is 449 g/mol. The van der Waals surface area contributed by atoms with E-state index in [-0.39, 0.29) is 17.3 Å². The second kappa shape index (κ2) is 9.17. The molecule has 33 heavy (non-hydrogen) atoms. The van der Waals surface area contributed by atoms with Crippen LogP contribution in [-0.4, -0.2) is 59.6 Å². The highest BCUT2D eigenvalue weighted by Gasteiger charge is 2.27. The van der Waals surface area contributed by atoms with Crippen LogP contribution in [-0.2, 0) is 11.2 Å². The highest BCUT2D eigenvalue weighted by molar-refractivity contribution is 6.44. The van der Waals surface area contributed by atoms with Crippen molar-refractivity contribution < 1.29 is 18.8 Å². The van der Waals surface area contributed by atoms with Gasteiger partial charge in [-0.15, -0.1) is 0 Å². The number of halogens is 1. The Labute approximate surface area is 192 Å². The molecule has 1 aliphatic rings. The Morgan fingerprint density at radius 2 is 1.73 bits per heavy atom. The maximum atomic E-state index is 13.3. The lowest BCUT2D eigenvalue weighted by Crippen LogP contribution is -2.39. The number of rotatable bonds is 5. The van der Waals surface area contributed by atoms with Crippen LogP contribution in [0.2, 0.25) is 0 Å². The molecule has 172 valence electrons. The third-order valence-electron chi connectivity index (χ3n) is 6.44. The number of likely N-dealkylation sites (tertiary alicyclic amines) is 1. The van der Waals surface area contributed by atoms with Crippen molar-refractivity contribution in [2.45, 2.75) is 26.2 Å². The van der Waals surface area contributed by atoms with Crippen molar-refractivity contribution in [3.63, 3.8) is 0 Å². The summed E-state index contributed by atoms with van der Waals surface area (Å²) in [5.74, 6) is -1.05. The molecule has 4 rings (SSSR count). The van der Waals surface area contributed by atoms with Crippen molar-refractivity contribution in [2.75, 3.05) is 27.2 Å². The number of carbonyl (C=O) groups is 3. The number of benzene rings is 2. The number of likely N-dealkylation sites (N-methyl/N-ethyl adjacent to an activating group) is 1. The largest absolute Gasteiger partial charge is 0.360 e. The Morgan fingerprint density at radius 1 is 1.06 bits per heavy atom. The van der Waals surface area contributed by atoms with Crippen LogP contribution in [0.3, 0.4) is 0 Å². The van der Waals surface area contributed by atoms with Gasteiger partial charge in [0.05, 0.1) is 5.56 Å². The number of aromatic nitrogens is 1. The minimum absolute atomic E-state index is 0.0619. The summed E-state index contributed by atoms with van der Waals surface area (Å²) in [6.07, 6.45) is 4.18. The third-order valence-corrected chi connectivity index (χ3v) is 6.44. The zero-order valence-corrected chi connectivity index (χ0v) is 19.2. The van der Waals surface area contributed by atoms with E-state index in [1.54, 1.807) is 6.07 Å². The molecule has 0 unspecified atom stereocenters. The average Bonchev–Trinajstić information content (AvgIpc) is 3.21. The summed E-state index contributed by atoms with van der Waals surface area (Å²) in [6.45, 7) is 3.18. The lowest BCUT2D eigenvalue weighted by atomic mass is 9.89. The quantitative estimate of drug-likeness (QED) is 0.473. The Bertz CT molecular complexity index is 1210. The van der Waals surface area contributed by atoms with Crippen LogP contribution in [0.4, 0.5) is 4.39 Å². The summed E-state index contributed by atoms with van der Waals surface area (Å²) in [7, 11) is 3.07. The van der Waals surface area contributed by atoms with Crippen molar-refractivity contribution in [1.82, 2.24) is 14.8 Å². The van der Waals surface area contributed by atoms with E-state index in [0.717, 1.165) is 35.9 Å². The van der Waals surface area contributed by atoms with Gasteiger partial charge >= 0.3 is 0 Å². The number of nitrogens with zero attached hydrogens (tertiary/aromatic N) is 2. The molecule has 0 radical (unpaired) electrons. The molecule has 2 amide bonds. The van der Waals surface area contributed by atoms with E-state index >= 15 is 0 Å². The molecule has 1 N–H and O–H groups in total. The van der Waals surface area contributed by atoms with Gasteiger partial charge in [-0.05, 0) is 67.5 Å². The van der Waals surface area contributed by atoms with Crippen LogP contribution in [0.15, 0.2) is 42.6 Å². The van der Waals surface area contributed by atoms with Crippen LogP contribution in [0.1, 0.15) is 44.7 Å². The standard InChI is InChI=1S/C26H28FN3O3/c1-16-12-23-21(22(15-28-23)24(31)26(33)29(2)3)14-20(16)25(32)30-10-8-18(9-11-30)13-17-4-6-19(27)7-5-17/h4-7,12,14-15,18,28H,8-11,13H2,1-3H3. The van der Waals surface area contributed by atoms with Crippen LogP contribution in [0.25, 0.3) is 10.9 Å². The van der Waals surface area contributed by atoms with Crippen LogP contribution in [0, 0.1) is 18.7 Å². The molecule has 1 fully saturated rings. The van der Waals surface area contributed by atoms with Crippen LogP contribution in [0.5, 0.6) is 0 Å². The fourth-order valence-corrected chi connectivity index (χ4v) is 4.48. The van der Waals surface area contributed by atoms with Gasteiger partial charge < -0.3 is 14.8 Å². The molecular weight excluding hydrogens is 421 g/mol. The number of fused-ring (bicyclic) bond motifs is 1. The number of ketones is 1. The Kier molecular flexibility index (Phi) is 6.31. The highest BCUT2D eigenvalue weighted by Crippen LogP contribution is 2.27. The van der Waals surface area contributed by atoms with Gasteiger partial charge in [-0.1, -0.05) is 12.1 Å². The molecule has 1 aromatic heterocycles. The fraction of sp³-hybridized carbons (Fsp3) is 0.346. The Balaban J connectivity index is 1.49. The first-order valence-corrected chi connectivity index (χ1v) is 11.2. The number of hydrogen-bond donors (Lipinski definition) is 1. The van der Waals surface area contributed by atoms with Gasteiger partial charge in [-0.3, -0.25) is 14.4 Å². The lowest BCUT2D eigenvalue weighted by Gasteiger charge is -2.32. The number of amides is 2. The number of H-pyrrole nitrogens is 1. The molecule has 0 bridgehead atoms. The highest BCUT2D eigenvalue weighted by atomic mass is 19.1. The first-order chi connectivity index (χ1) is 15.7. The molecule has 2 aromatic carbocycles. The number of hydrogen-bond acceptors (Lipinski definition) is 3. The fourth-order valence-electron chi connectivity index (χ4n) is 4.48. The summed E-state index contributed by atoms with van der Waals surface area (Å²) in [6, 6.07) is 10.2. The van der Waals surface area contributed by atoms with Gasteiger partial charge in [0.2, 0.25) is 0 Å². The summed E-state index contributed by atoms with van der Waals surface area (Å²) < 4.78 is 13.1. The first kappa shape index (κ1) is 22.7. The summed E-state index contributed by atoms with van der Waals surface area (Å²) in [5.41, 5.74) is 3.47. The van der Waals surface area contributed by atoms with E-state index in [2.05, 4.69) is 4.98 Å². The van der Waals surface area contributed by atoms with Crippen molar-refractivity contribution in [3.05, 3.63) is 70.7 Å². The van der Waals surface area contributed by atoms with Gasteiger partial charge in [0.25, 0.3) is 17.6 Å². The molecule has 0 aliphatic carbocycles. The number of aromatic amines is 1. The molecule has 3 aromatic rings. The number of aryl methyl sites for hydroxylation is 1. The summed E-state index contributed by atoms with van der Waals surface area (Å²) in [5, 5.41) is 0.579. The second-order valence-corrected chi connectivity index (χ2v) is 9.01. The molecule has 1 aliphatic heterocycles. The van der Waals surface area contributed by atoms with Crippen LogP contribution >= 0.6 is 0 Å². The topological polar surface area (TPSA) is 73.5 Å². The van der Waals surface area contributed by atoms with E-state index in [4.69, 9.17) is 0 Å². The zero-order chi connectivity index (χ0) is 23.7. The smallest absolute Gasteiger partial charge is 0.294 e. The molecule has 2 heterocycles. The maximum absolute atomic E-state index is 13.3. The average molecular weight is 450 g/mol. The minimum atomic E-state index is -0.604. The van der Waals surface area contributed by atoms with Crippen LogP contribution < -0.4 is 0 Å². The molecule has 7 heteroatoms. The van der Waals surface area contributed by atoms with Crippen molar-refractivity contribution in [1.29, 1.82) is 0 Å². The molecular formula is C26H28FN3O3. The van der Waals surface area contributed by atoms with Crippen molar-refractivity contribution in [2.24, 2.45) is 5.92 Å². The van der Waals surface area contributed by atoms with Gasteiger partial charge in [-0.2, -0.15) is 0 Å². The van der Waals surface area contributed by atoms with Gasteiger partial charge in [0, 0.05) is 49.8 Å². The molecule has 0 atom stereocenters. The molecule has 0 saturated carbocycles. The predicted octanol–water partition coefficient (Wildman–Crippen LogP) is 3.98. The van der Waals surface area contributed by atoms with E-state index in [0.29, 0.717) is 30.0 Å². The maximum Gasteiger partial charge on any atom is 0.294 e. The van der Waals surface area contributed by atoms with E-state index in [9.17, 15) is 18.8 Å². The van der Waals surface area contributed by atoms with Crippen molar-refractivity contribution in [3.8, 4) is 0 Å². The minimum Gasteiger partial charge on any atom is -0.360 e. The predicted molar refractivity (Wildman–Crippen MR) is 125 cm³/mol. The third kappa shape index (κ3) is 4.67. The Morgan fingerprint density at radius 3 is 2.36 bits per heavy atom. The normalized spacial score (nSPS) is 14.5. The zero-order valence-electron chi connectivity index (χ0n) is 19.2. The summed E-state index contributed by atoms with van der Waals surface area (Å²) >= 11 is 0. The number of piperidine rings is 1. The van der Waals surface area contributed by atoms with E-state index in [1.165, 1.54) is 37.3 Å². The van der Waals surface area contributed by atoms with E-state index < -0.39 is 11.7 Å². The van der Waals surface area contributed by atoms with E-state index in [1.807, 2.05) is 30.0 Å². The van der Waals surface area contributed by atoms with Gasteiger partial charge in [-0.25, -0.2) is 4.39 Å². The van der Waals surface area contributed by atoms with Crippen molar-refractivity contribution >= 4 is 28.5 Å². The molecule has 0 spiro atoms. The number of carbonyl (C=O) groups excluding carboxylic acids is 3. The van der Waals surface area contributed by atoms with Gasteiger partial charge in [0.1, 0.15) is 5.82 Å². The molecule has 6 nitrogen and oxygen atoms in total. The number of nitrogens with one attached hydrogen (secondary N) is 1. The molecule has 1 saturated heterocycles. The second-order valence-electron chi connectivity index (χ2n) is 9.01. The number of Topliss-reactive ketones (excluding diaryl/α,β-unsaturated/α-hetero) is 1. The first-order valence-electron chi connectivity index (χ1n) is 11.2. The lowest BCUT2D eigenvalue weighted by molar-refractivity contribution is -0.124. The van der Waals surface area contributed by atoms with Gasteiger partial charge in [0.15, 0.2) is 0 Å².